The summed E-state index contributed by atoms with van der Waals surface area (Å²) in [7, 11) is 1.67. The third-order valence-electron chi connectivity index (χ3n) is 2.43. The molecule has 0 saturated heterocycles. The topological polar surface area (TPSA) is 66.6 Å². The minimum absolute atomic E-state index is 0.150. The van der Waals surface area contributed by atoms with Crippen LogP contribution in [0.5, 0.6) is 5.75 Å². The Kier molecular flexibility index (Phi) is 3.01. The number of carbonyl (C=O) groups is 1. The average Bonchev–Trinajstić information content (AvgIpc) is 2.74. The smallest absolute Gasteiger partial charge is 0.270 e. The van der Waals surface area contributed by atoms with Crippen molar-refractivity contribution in [3.63, 3.8) is 0 Å². The highest BCUT2D eigenvalue weighted by molar-refractivity contribution is 7.12. The number of nitrogens with two attached hydrogens (primary N) is 1. The summed E-state index contributed by atoms with van der Waals surface area (Å²) in [4.78, 5) is 14.1. The van der Waals surface area contributed by atoms with Crippen molar-refractivity contribution in [2.24, 2.45) is 0 Å². The van der Waals surface area contributed by atoms with Crippen LogP contribution < -0.4 is 10.6 Å². The summed E-state index contributed by atoms with van der Waals surface area (Å²) < 4.78 is 0. The third-order valence-corrected chi connectivity index (χ3v) is 3.35. The zero-order valence-corrected chi connectivity index (χ0v) is 10.1. The van der Waals surface area contributed by atoms with E-state index in [9.17, 15) is 9.90 Å². The maximum Gasteiger partial charge on any atom is 0.270 e. The van der Waals surface area contributed by atoms with Gasteiger partial charge in [-0.2, -0.15) is 0 Å². The van der Waals surface area contributed by atoms with E-state index in [1.54, 1.807) is 30.6 Å². The van der Waals surface area contributed by atoms with Crippen LogP contribution in [-0.4, -0.2) is 18.1 Å². The van der Waals surface area contributed by atoms with Crippen molar-refractivity contribution in [2.75, 3.05) is 17.7 Å². The van der Waals surface area contributed by atoms with E-state index in [0.29, 0.717) is 16.3 Å². The molecule has 0 bridgehead atoms. The Hall–Kier alpha value is -2.01. The Labute approximate surface area is 103 Å². The quantitative estimate of drug-likeness (QED) is 0.857. The number of carbonyl (C=O) groups excluding carboxylic acids is 1. The molecule has 0 unspecified atom stereocenters. The van der Waals surface area contributed by atoms with Gasteiger partial charge in [0.1, 0.15) is 10.6 Å². The van der Waals surface area contributed by atoms with Gasteiger partial charge in [-0.15, -0.1) is 11.3 Å². The van der Waals surface area contributed by atoms with Gasteiger partial charge in [0.15, 0.2) is 0 Å². The number of benzene rings is 1. The molecule has 0 saturated carbocycles. The lowest BCUT2D eigenvalue weighted by atomic mass is 10.2. The molecule has 0 fully saturated rings. The molecule has 0 radical (unpaired) electrons. The molecule has 1 heterocycles. The van der Waals surface area contributed by atoms with Crippen LogP contribution in [0, 0.1) is 0 Å². The SMILES string of the molecule is CN(C(=O)c1sccc1N)c1ccc(O)cc1. The molecular weight excluding hydrogens is 236 g/mol. The highest BCUT2D eigenvalue weighted by atomic mass is 32.1. The van der Waals surface area contributed by atoms with Crippen molar-refractivity contribution in [1.29, 1.82) is 0 Å². The summed E-state index contributed by atoms with van der Waals surface area (Å²) in [5.41, 5.74) is 6.90. The number of aromatic hydroxyl groups is 1. The zero-order chi connectivity index (χ0) is 12.4. The van der Waals surface area contributed by atoms with E-state index in [-0.39, 0.29) is 11.7 Å². The molecule has 17 heavy (non-hydrogen) atoms. The molecule has 0 aliphatic rings. The monoisotopic (exact) mass is 248 g/mol. The Balaban J connectivity index is 2.26. The van der Waals surface area contributed by atoms with Gasteiger partial charge in [-0.25, -0.2) is 0 Å². The van der Waals surface area contributed by atoms with E-state index in [2.05, 4.69) is 0 Å². The minimum atomic E-state index is -0.150. The number of rotatable bonds is 2. The number of thiophene rings is 1. The minimum Gasteiger partial charge on any atom is -0.508 e. The van der Waals surface area contributed by atoms with Crippen molar-refractivity contribution in [3.05, 3.63) is 40.6 Å². The van der Waals surface area contributed by atoms with Crippen LogP contribution in [0.1, 0.15) is 9.67 Å². The van der Waals surface area contributed by atoms with Crippen LogP contribution in [0.2, 0.25) is 0 Å². The fourth-order valence-electron chi connectivity index (χ4n) is 1.44. The summed E-state index contributed by atoms with van der Waals surface area (Å²) in [5, 5.41) is 11.0. The first-order chi connectivity index (χ1) is 8.09. The van der Waals surface area contributed by atoms with Gasteiger partial charge in [0.2, 0.25) is 0 Å². The van der Waals surface area contributed by atoms with E-state index in [4.69, 9.17) is 5.73 Å². The van der Waals surface area contributed by atoms with Crippen molar-refractivity contribution in [3.8, 4) is 5.75 Å². The second kappa shape index (κ2) is 4.47. The number of amides is 1. The van der Waals surface area contributed by atoms with Gasteiger partial charge in [0.25, 0.3) is 5.91 Å². The lowest BCUT2D eigenvalue weighted by Gasteiger charge is -2.16. The molecule has 1 aromatic heterocycles. The fourth-order valence-corrected chi connectivity index (χ4v) is 2.23. The summed E-state index contributed by atoms with van der Waals surface area (Å²) in [6.45, 7) is 0. The van der Waals surface area contributed by atoms with Crippen molar-refractivity contribution >= 4 is 28.6 Å². The number of hydrogen-bond donors (Lipinski definition) is 2. The number of anilines is 2. The van der Waals surface area contributed by atoms with Gasteiger partial charge in [-0.1, -0.05) is 0 Å². The number of phenols is 1. The predicted molar refractivity (Wildman–Crippen MR) is 69.6 cm³/mol. The van der Waals surface area contributed by atoms with Gasteiger partial charge >= 0.3 is 0 Å². The first kappa shape index (κ1) is 11.5. The number of nitrogen functional groups attached to an aromatic ring is 1. The highest BCUT2D eigenvalue weighted by Crippen LogP contribution is 2.24. The van der Waals surface area contributed by atoms with E-state index in [1.807, 2.05) is 0 Å². The molecule has 4 nitrogen and oxygen atoms in total. The van der Waals surface area contributed by atoms with E-state index in [0.717, 1.165) is 0 Å². The molecular formula is C12H12N2O2S. The van der Waals surface area contributed by atoms with Crippen LogP contribution in [0.3, 0.4) is 0 Å². The molecule has 2 rings (SSSR count). The van der Waals surface area contributed by atoms with E-state index >= 15 is 0 Å². The summed E-state index contributed by atoms with van der Waals surface area (Å²) in [6.07, 6.45) is 0. The summed E-state index contributed by atoms with van der Waals surface area (Å²) in [6, 6.07) is 8.14. The summed E-state index contributed by atoms with van der Waals surface area (Å²) in [5.74, 6) is 0.0217. The van der Waals surface area contributed by atoms with Crippen LogP contribution in [0.4, 0.5) is 11.4 Å². The molecule has 3 N–H and O–H groups in total. The molecule has 5 heteroatoms. The van der Waals surface area contributed by atoms with Crippen LogP contribution >= 0.6 is 11.3 Å². The number of nitrogens with zero attached hydrogens (tertiary/aromatic N) is 1. The maximum atomic E-state index is 12.1. The Morgan fingerprint density at radius 3 is 2.47 bits per heavy atom. The third kappa shape index (κ3) is 2.24. The van der Waals surface area contributed by atoms with Crippen LogP contribution in [0.25, 0.3) is 0 Å². The zero-order valence-electron chi connectivity index (χ0n) is 9.25. The Morgan fingerprint density at radius 2 is 1.94 bits per heavy atom. The second-order valence-electron chi connectivity index (χ2n) is 3.59. The Bertz CT molecular complexity index is 534. The highest BCUT2D eigenvalue weighted by Gasteiger charge is 2.17. The average molecular weight is 248 g/mol. The van der Waals surface area contributed by atoms with Crippen molar-refractivity contribution in [1.82, 2.24) is 0 Å². The molecule has 1 amide bonds. The molecule has 0 aliphatic heterocycles. The lowest BCUT2D eigenvalue weighted by molar-refractivity contribution is 0.0997. The standard InChI is InChI=1S/C12H12N2O2S/c1-14(8-2-4-9(15)5-3-8)12(16)11-10(13)6-7-17-11/h2-7,15H,13H2,1H3. The van der Waals surface area contributed by atoms with Gasteiger partial charge in [-0.05, 0) is 35.7 Å². The van der Waals surface area contributed by atoms with Crippen molar-refractivity contribution in [2.45, 2.75) is 0 Å². The van der Waals surface area contributed by atoms with Gasteiger partial charge in [0.05, 0.1) is 5.69 Å². The first-order valence-electron chi connectivity index (χ1n) is 4.99. The molecule has 88 valence electrons. The first-order valence-corrected chi connectivity index (χ1v) is 5.87. The van der Waals surface area contributed by atoms with E-state index < -0.39 is 0 Å². The molecule has 0 atom stereocenters. The second-order valence-corrected chi connectivity index (χ2v) is 4.50. The normalized spacial score (nSPS) is 10.2. The summed E-state index contributed by atoms with van der Waals surface area (Å²) >= 11 is 1.32. The Morgan fingerprint density at radius 1 is 1.29 bits per heavy atom. The predicted octanol–water partition coefficient (Wildman–Crippen LogP) is 2.31. The van der Waals surface area contributed by atoms with Crippen molar-refractivity contribution < 1.29 is 9.90 Å². The largest absolute Gasteiger partial charge is 0.508 e. The van der Waals surface area contributed by atoms with E-state index in [1.165, 1.54) is 28.4 Å². The van der Waals surface area contributed by atoms with Gasteiger partial charge in [0, 0.05) is 12.7 Å². The molecule has 1 aromatic carbocycles. The van der Waals surface area contributed by atoms with Gasteiger partial charge in [-0.3, -0.25) is 4.79 Å². The van der Waals surface area contributed by atoms with Crippen LogP contribution in [-0.2, 0) is 0 Å². The molecule has 0 spiro atoms. The van der Waals surface area contributed by atoms with Gasteiger partial charge < -0.3 is 15.7 Å². The number of hydrogen-bond acceptors (Lipinski definition) is 4. The molecule has 0 aliphatic carbocycles. The lowest BCUT2D eigenvalue weighted by Crippen LogP contribution is -2.25. The number of phenolic OH excluding ortho intramolecular Hbond substituents is 1. The molecule has 2 aromatic rings. The maximum absolute atomic E-state index is 12.1. The van der Waals surface area contributed by atoms with Crippen LogP contribution in [0.15, 0.2) is 35.7 Å². The fraction of sp³-hybridized carbons (Fsp3) is 0.0833.